The predicted octanol–water partition coefficient (Wildman–Crippen LogP) is 4.18. The fourth-order valence-corrected chi connectivity index (χ4v) is 5.25. The van der Waals surface area contributed by atoms with Gasteiger partial charge in [-0.3, -0.25) is 19.2 Å². The fourth-order valence-electron chi connectivity index (χ4n) is 5.25. The number of nitrogens with one attached hydrogen (secondary N) is 2. The molecule has 5 rings (SSSR count). The van der Waals surface area contributed by atoms with Gasteiger partial charge in [0.15, 0.2) is 0 Å². The SMILES string of the molecule is COc1ccc(NC(=O)c2ccccc2NC(=O)C2CCN(C(=O)C3CC(=O)N(c4ccccc4)C3)CC2)cc1. The van der Waals surface area contributed by atoms with Gasteiger partial charge < -0.3 is 25.2 Å². The average molecular weight is 541 g/mol. The molecule has 9 nitrogen and oxygen atoms in total. The maximum absolute atomic E-state index is 13.2. The molecule has 2 saturated heterocycles. The lowest BCUT2D eigenvalue weighted by atomic mass is 9.94. The molecule has 0 aliphatic carbocycles. The number of anilines is 3. The van der Waals surface area contributed by atoms with E-state index in [1.807, 2.05) is 30.3 Å². The van der Waals surface area contributed by atoms with E-state index in [1.165, 1.54) is 0 Å². The van der Waals surface area contributed by atoms with E-state index in [2.05, 4.69) is 10.6 Å². The number of nitrogens with zero attached hydrogens (tertiary/aromatic N) is 2. The second-order valence-electron chi connectivity index (χ2n) is 10.1. The molecule has 2 N–H and O–H groups in total. The number of amides is 4. The molecule has 4 amide bonds. The molecule has 2 aliphatic rings. The molecule has 1 unspecified atom stereocenters. The molecule has 0 radical (unpaired) electrons. The third kappa shape index (κ3) is 5.98. The van der Waals surface area contributed by atoms with Crippen LogP contribution in [-0.4, -0.2) is 55.3 Å². The number of methoxy groups -OCH3 is 1. The van der Waals surface area contributed by atoms with Crippen molar-refractivity contribution in [3.05, 3.63) is 84.4 Å². The van der Waals surface area contributed by atoms with Crippen LogP contribution in [0.25, 0.3) is 0 Å². The highest BCUT2D eigenvalue weighted by atomic mass is 16.5. The summed E-state index contributed by atoms with van der Waals surface area (Å²) < 4.78 is 5.15. The summed E-state index contributed by atoms with van der Waals surface area (Å²) >= 11 is 0. The highest BCUT2D eigenvalue weighted by Crippen LogP contribution is 2.28. The minimum absolute atomic E-state index is 0.0359. The number of carbonyl (C=O) groups excluding carboxylic acids is 4. The van der Waals surface area contributed by atoms with Crippen LogP contribution in [0.3, 0.4) is 0 Å². The Balaban J connectivity index is 1.15. The van der Waals surface area contributed by atoms with Gasteiger partial charge in [-0.05, 0) is 61.4 Å². The molecule has 2 aliphatic heterocycles. The van der Waals surface area contributed by atoms with Crippen molar-refractivity contribution in [2.24, 2.45) is 11.8 Å². The zero-order valence-electron chi connectivity index (χ0n) is 22.3. The summed E-state index contributed by atoms with van der Waals surface area (Å²) in [4.78, 5) is 55.3. The fraction of sp³-hybridized carbons (Fsp3) is 0.290. The van der Waals surface area contributed by atoms with Crippen LogP contribution >= 0.6 is 0 Å². The van der Waals surface area contributed by atoms with E-state index in [0.717, 1.165) is 5.69 Å². The van der Waals surface area contributed by atoms with Gasteiger partial charge in [0.25, 0.3) is 5.91 Å². The van der Waals surface area contributed by atoms with Gasteiger partial charge in [0.05, 0.1) is 24.3 Å². The Labute approximate surface area is 233 Å². The smallest absolute Gasteiger partial charge is 0.257 e. The van der Waals surface area contributed by atoms with Crippen LogP contribution in [0, 0.1) is 11.8 Å². The number of hydrogen-bond acceptors (Lipinski definition) is 5. The zero-order chi connectivity index (χ0) is 28.1. The van der Waals surface area contributed by atoms with E-state index in [9.17, 15) is 19.2 Å². The summed E-state index contributed by atoms with van der Waals surface area (Å²) in [7, 11) is 1.57. The number of para-hydroxylation sites is 2. The van der Waals surface area contributed by atoms with Gasteiger partial charge in [0.2, 0.25) is 17.7 Å². The van der Waals surface area contributed by atoms with E-state index in [1.54, 1.807) is 65.4 Å². The van der Waals surface area contributed by atoms with Crippen molar-refractivity contribution in [1.82, 2.24) is 4.90 Å². The second kappa shape index (κ2) is 12.0. The standard InChI is InChI=1S/C31H32N4O5/c1-40-25-13-11-23(12-14-25)32-30(38)26-9-5-6-10-27(26)33-29(37)21-15-17-34(18-16-21)31(39)22-19-28(36)35(20-22)24-7-3-2-4-8-24/h2-14,21-22H,15-20H2,1H3,(H,32,38)(H,33,37). The van der Waals surface area contributed by atoms with Crippen molar-refractivity contribution in [3.8, 4) is 5.75 Å². The molecule has 2 heterocycles. The van der Waals surface area contributed by atoms with Gasteiger partial charge in [0.1, 0.15) is 5.75 Å². The largest absolute Gasteiger partial charge is 0.497 e. The van der Waals surface area contributed by atoms with E-state index < -0.39 is 0 Å². The Morgan fingerprint density at radius 3 is 2.20 bits per heavy atom. The van der Waals surface area contributed by atoms with E-state index in [4.69, 9.17) is 4.74 Å². The molecule has 3 aromatic rings. The third-order valence-electron chi connectivity index (χ3n) is 7.50. The first-order valence-electron chi connectivity index (χ1n) is 13.4. The van der Waals surface area contributed by atoms with E-state index >= 15 is 0 Å². The lowest BCUT2D eigenvalue weighted by Gasteiger charge is -2.33. The Morgan fingerprint density at radius 2 is 1.50 bits per heavy atom. The van der Waals surface area contributed by atoms with Gasteiger partial charge in [-0.25, -0.2) is 0 Å². The Hall–Kier alpha value is -4.66. The monoisotopic (exact) mass is 540 g/mol. The normalized spacial score (nSPS) is 17.4. The Morgan fingerprint density at radius 1 is 0.825 bits per heavy atom. The number of likely N-dealkylation sites (tertiary alicyclic amines) is 1. The summed E-state index contributed by atoms with van der Waals surface area (Å²) in [6.45, 7) is 1.27. The van der Waals surface area contributed by atoms with Crippen LogP contribution in [0.15, 0.2) is 78.9 Å². The number of benzene rings is 3. The molecule has 0 spiro atoms. The lowest BCUT2D eigenvalue weighted by Crippen LogP contribution is -2.44. The highest BCUT2D eigenvalue weighted by molar-refractivity contribution is 6.10. The van der Waals surface area contributed by atoms with Gasteiger partial charge in [0, 0.05) is 43.3 Å². The molecule has 0 aromatic heterocycles. The molecular weight excluding hydrogens is 508 g/mol. The highest BCUT2D eigenvalue weighted by Gasteiger charge is 2.38. The molecular formula is C31H32N4O5. The number of rotatable bonds is 7. The van der Waals surface area contributed by atoms with Crippen molar-refractivity contribution in [1.29, 1.82) is 0 Å². The lowest BCUT2D eigenvalue weighted by molar-refractivity contribution is -0.138. The quantitative estimate of drug-likeness (QED) is 0.468. The maximum Gasteiger partial charge on any atom is 0.257 e. The molecule has 3 aromatic carbocycles. The van der Waals surface area contributed by atoms with Crippen LogP contribution in [0.1, 0.15) is 29.6 Å². The third-order valence-corrected chi connectivity index (χ3v) is 7.50. The maximum atomic E-state index is 13.2. The molecule has 0 bridgehead atoms. The van der Waals surface area contributed by atoms with Gasteiger partial charge in [-0.2, -0.15) is 0 Å². The Kier molecular flexibility index (Phi) is 8.10. The molecule has 1 atom stereocenters. The molecule has 40 heavy (non-hydrogen) atoms. The van der Waals surface area contributed by atoms with Crippen LogP contribution < -0.4 is 20.3 Å². The second-order valence-corrected chi connectivity index (χ2v) is 10.1. The van der Waals surface area contributed by atoms with Gasteiger partial charge in [-0.15, -0.1) is 0 Å². The van der Waals surface area contributed by atoms with Crippen molar-refractivity contribution in [2.45, 2.75) is 19.3 Å². The zero-order valence-corrected chi connectivity index (χ0v) is 22.3. The topological polar surface area (TPSA) is 108 Å². The minimum atomic E-state index is -0.380. The molecule has 2 fully saturated rings. The van der Waals surface area contributed by atoms with Crippen LogP contribution in [0.5, 0.6) is 5.75 Å². The van der Waals surface area contributed by atoms with Crippen molar-refractivity contribution in [2.75, 3.05) is 42.3 Å². The molecule has 9 heteroatoms. The summed E-state index contributed by atoms with van der Waals surface area (Å²) in [5, 5.41) is 5.77. The number of hydrogen-bond donors (Lipinski definition) is 2. The first kappa shape index (κ1) is 26.9. The first-order valence-corrected chi connectivity index (χ1v) is 13.4. The number of ether oxygens (including phenoxy) is 1. The van der Waals surface area contributed by atoms with Crippen LogP contribution in [-0.2, 0) is 14.4 Å². The minimum Gasteiger partial charge on any atom is -0.497 e. The number of piperidine rings is 1. The van der Waals surface area contributed by atoms with E-state index in [-0.39, 0.29) is 41.9 Å². The Bertz CT molecular complexity index is 1380. The number of carbonyl (C=O) groups is 4. The van der Waals surface area contributed by atoms with Gasteiger partial charge >= 0.3 is 0 Å². The van der Waals surface area contributed by atoms with Crippen LogP contribution in [0.2, 0.25) is 0 Å². The first-order chi connectivity index (χ1) is 19.4. The van der Waals surface area contributed by atoms with Crippen molar-refractivity contribution >= 4 is 40.7 Å². The van der Waals surface area contributed by atoms with Crippen molar-refractivity contribution < 1.29 is 23.9 Å². The predicted molar refractivity (Wildman–Crippen MR) is 152 cm³/mol. The summed E-state index contributed by atoms with van der Waals surface area (Å²) in [5.41, 5.74) is 2.20. The molecule has 0 saturated carbocycles. The van der Waals surface area contributed by atoms with E-state index in [0.29, 0.717) is 55.2 Å². The van der Waals surface area contributed by atoms with Crippen LogP contribution in [0.4, 0.5) is 17.1 Å². The summed E-state index contributed by atoms with van der Waals surface area (Å²) in [6, 6.07) is 23.3. The summed E-state index contributed by atoms with van der Waals surface area (Å²) in [5.74, 6) is -0.578. The van der Waals surface area contributed by atoms with Crippen molar-refractivity contribution in [3.63, 3.8) is 0 Å². The summed E-state index contributed by atoms with van der Waals surface area (Å²) in [6.07, 6.45) is 1.23. The average Bonchev–Trinajstić information content (AvgIpc) is 3.39. The molecule has 206 valence electrons. The van der Waals surface area contributed by atoms with Gasteiger partial charge in [-0.1, -0.05) is 30.3 Å².